The first-order valence-corrected chi connectivity index (χ1v) is 8.10. The van der Waals surface area contributed by atoms with E-state index in [1.54, 1.807) is 30.3 Å². The minimum Gasteiger partial charge on any atom is -0.339 e. The van der Waals surface area contributed by atoms with E-state index >= 15 is 0 Å². The van der Waals surface area contributed by atoms with Gasteiger partial charge in [0.1, 0.15) is 11.5 Å². The molecule has 25 heavy (non-hydrogen) atoms. The van der Waals surface area contributed by atoms with Crippen molar-refractivity contribution in [3.63, 3.8) is 0 Å². The fourth-order valence-electron chi connectivity index (χ4n) is 2.03. The number of nitrogens with zero attached hydrogens (tertiary/aromatic N) is 3. The Morgan fingerprint density at radius 3 is 2.44 bits per heavy atom. The Bertz CT molecular complexity index is 933. The first kappa shape index (κ1) is 16.6. The summed E-state index contributed by atoms with van der Waals surface area (Å²) in [5.74, 6) is 0.159. The van der Waals surface area contributed by atoms with Gasteiger partial charge in [-0.1, -0.05) is 12.1 Å². The molecule has 0 aliphatic carbocycles. The van der Waals surface area contributed by atoms with Crippen molar-refractivity contribution >= 4 is 39.0 Å². The van der Waals surface area contributed by atoms with Crippen LogP contribution in [0, 0.1) is 11.3 Å². The highest BCUT2D eigenvalue weighted by molar-refractivity contribution is 9.10. The smallest absolute Gasteiger partial charge is 0.275 e. The zero-order chi connectivity index (χ0) is 17.6. The van der Waals surface area contributed by atoms with Crippen LogP contribution in [0.3, 0.4) is 0 Å². The molecule has 0 aliphatic heterocycles. The van der Waals surface area contributed by atoms with Gasteiger partial charge in [-0.3, -0.25) is 4.79 Å². The number of hydrogen-bond donors (Lipinski definition) is 2. The molecule has 0 bridgehead atoms. The Balaban J connectivity index is 1.68. The summed E-state index contributed by atoms with van der Waals surface area (Å²) in [6.07, 6.45) is 2.88. The van der Waals surface area contributed by atoms with E-state index in [4.69, 9.17) is 5.26 Å². The monoisotopic (exact) mass is 393 g/mol. The largest absolute Gasteiger partial charge is 0.339 e. The zero-order valence-corrected chi connectivity index (χ0v) is 14.5. The third kappa shape index (κ3) is 4.19. The van der Waals surface area contributed by atoms with Crippen molar-refractivity contribution in [3.05, 3.63) is 76.7 Å². The average Bonchev–Trinajstić information content (AvgIpc) is 2.65. The molecule has 3 rings (SSSR count). The van der Waals surface area contributed by atoms with Gasteiger partial charge in [-0.15, -0.1) is 0 Å². The fourth-order valence-corrected chi connectivity index (χ4v) is 2.42. The van der Waals surface area contributed by atoms with Crippen LogP contribution in [-0.2, 0) is 0 Å². The molecule has 2 N–H and O–H groups in total. The van der Waals surface area contributed by atoms with Gasteiger partial charge in [0.2, 0.25) is 0 Å². The maximum Gasteiger partial charge on any atom is 0.275 e. The maximum absolute atomic E-state index is 12.2. The quantitative estimate of drug-likeness (QED) is 0.695. The normalized spacial score (nSPS) is 9.92. The van der Waals surface area contributed by atoms with Gasteiger partial charge in [-0.05, 0) is 52.3 Å². The van der Waals surface area contributed by atoms with Crippen molar-refractivity contribution in [2.45, 2.75) is 0 Å². The van der Waals surface area contributed by atoms with E-state index in [2.05, 4.69) is 42.6 Å². The van der Waals surface area contributed by atoms with Crippen LogP contribution in [0.2, 0.25) is 0 Å². The molecule has 2 aromatic carbocycles. The standard InChI is InChI=1S/C18H12BrN5O/c19-14-3-1-2-4-15(14)24-18(25)16-10-22-17(11-21-16)23-13-7-5-12(9-20)6-8-13/h1-8,10-11H,(H,22,23)(H,24,25). The van der Waals surface area contributed by atoms with Gasteiger partial charge in [0, 0.05) is 10.2 Å². The average molecular weight is 394 g/mol. The summed E-state index contributed by atoms with van der Waals surface area (Å²) in [5.41, 5.74) is 2.23. The number of anilines is 3. The summed E-state index contributed by atoms with van der Waals surface area (Å²) in [4.78, 5) is 20.5. The van der Waals surface area contributed by atoms with E-state index in [9.17, 15) is 4.79 Å². The van der Waals surface area contributed by atoms with Crippen LogP contribution in [0.1, 0.15) is 16.1 Å². The van der Waals surface area contributed by atoms with E-state index in [-0.39, 0.29) is 11.6 Å². The van der Waals surface area contributed by atoms with Gasteiger partial charge in [0.05, 0.1) is 29.7 Å². The molecule has 0 aliphatic rings. The Labute approximate surface area is 152 Å². The molecule has 7 heteroatoms. The lowest BCUT2D eigenvalue weighted by Gasteiger charge is -2.08. The number of nitrogens with one attached hydrogen (secondary N) is 2. The van der Waals surface area contributed by atoms with E-state index < -0.39 is 0 Å². The van der Waals surface area contributed by atoms with E-state index in [1.165, 1.54) is 12.4 Å². The predicted molar refractivity (Wildman–Crippen MR) is 98.6 cm³/mol. The van der Waals surface area contributed by atoms with E-state index in [0.717, 1.165) is 10.2 Å². The number of para-hydroxylation sites is 1. The van der Waals surface area contributed by atoms with Crippen molar-refractivity contribution in [3.8, 4) is 6.07 Å². The minimum absolute atomic E-state index is 0.209. The van der Waals surface area contributed by atoms with Gasteiger partial charge >= 0.3 is 0 Å². The van der Waals surface area contributed by atoms with Gasteiger partial charge in [-0.25, -0.2) is 9.97 Å². The Morgan fingerprint density at radius 1 is 1.04 bits per heavy atom. The number of benzene rings is 2. The zero-order valence-electron chi connectivity index (χ0n) is 12.9. The van der Waals surface area contributed by atoms with Crippen LogP contribution in [0.15, 0.2) is 65.4 Å². The van der Waals surface area contributed by atoms with E-state index in [0.29, 0.717) is 17.1 Å². The van der Waals surface area contributed by atoms with Gasteiger partial charge in [0.15, 0.2) is 0 Å². The van der Waals surface area contributed by atoms with Crippen molar-refractivity contribution in [2.24, 2.45) is 0 Å². The number of amides is 1. The van der Waals surface area contributed by atoms with Gasteiger partial charge < -0.3 is 10.6 Å². The van der Waals surface area contributed by atoms with Crippen molar-refractivity contribution < 1.29 is 4.79 Å². The molecule has 3 aromatic rings. The highest BCUT2D eigenvalue weighted by atomic mass is 79.9. The summed E-state index contributed by atoms with van der Waals surface area (Å²) >= 11 is 3.38. The minimum atomic E-state index is -0.343. The second-order valence-electron chi connectivity index (χ2n) is 5.04. The molecule has 0 unspecified atom stereocenters. The third-order valence-electron chi connectivity index (χ3n) is 3.29. The van der Waals surface area contributed by atoms with Crippen LogP contribution in [0.25, 0.3) is 0 Å². The lowest BCUT2D eigenvalue weighted by molar-refractivity contribution is 0.102. The maximum atomic E-state index is 12.2. The molecule has 1 aromatic heterocycles. The summed E-state index contributed by atoms with van der Waals surface area (Å²) < 4.78 is 0.787. The van der Waals surface area contributed by atoms with E-state index in [1.807, 2.05) is 18.2 Å². The molecule has 1 heterocycles. The topological polar surface area (TPSA) is 90.7 Å². The highest BCUT2D eigenvalue weighted by Crippen LogP contribution is 2.21. The van der Waals surface area contributed by atoms with Crippen molar-refractivity contribution in [1.29, 1.82) is 5.26 Å². The fraction of sp³-hybridized carbons (Fsp3) is 0. The summed E-state index contributed by atoms with van der Waals surface area (Å²) in [6, 6.07) is 16.3. The van der Waals surface area contributed by atoms with Crippen LogP contribution in [0.5, 0.6) is 0 Å². The number of hydrogen-bond acceptors (Lipinski definition) is 5. The second-order valence-corrected chi connectivity index (χ2v) is 5.89. The molecular weight excluding hydrogens is 382 g/mol. The number of nitriles is 1. The second kappa shape index (κ2) is 7.55. The van der Waals surface area contributed by atoms with Crippen LogP contribution in [-0.4, -0.2) is 15.9 Å². The van der Waals surface area contributed by atoms with Gasteiger partial charge in [-0.2, -0.15) is 5.26 Å². The Morgan fingerprint density at radius 2 is 1.80 bits per heavy atom. The lowest BCUT2D eigenvalue weighted by Crippen LogP contribution is -2.14. The van der Waals surface area contributed by atoms with Gasteiger partial charge in [0.25, 0.3) is 5.91 Å². The number of carbonyl (C=O) groups excluding carboxylic acids is 1. The first-order valence-electron chi connectivity index (χ1n) is 7.31. The molecule has 6 nitrogen and oxygen atoms in total. The third-order valence-corrected chi connectivity index (χ3v) is 3.98. The molecule has 0 atom stereocenters. The number of aromatic nitrogens is 2. The molecule has 0 saturated heterocycles. The number of carbonyl (C=O) groups is 1. The van der Waals surface area contributed by atoms with Crippen LogP contribution >= 0.6 is 15.9 Å². The Kier molecular flexibility index (Phi) is 5.02. The summed E-state index contributed by atoms with van der Waals surface area (Å²) in [7, 11) is 0. The molecule has 0 fully saturated rings. The highest BCUT2D eigenvalue weighted by Gasteiger charge is 2.10. The molecule has 0 spiro atoms. The molecule has 0 saturated carbocycles. The first-order chi connectivity index (χ1) is 12.2. The van der Waals surface area contributed by atoms with Crippen LogP contribution in [0.4, 0.5) is 17.2 Å². The molecule has 122 valence electrons. The number of rotatable bonds is 4. The van der Waals surface area contributed by atoms with Crippen LogP contribution < -0.4 is 10.6 Å². The predicted octanol–water partition coefficient (Wildman–Crippen LogP) is 4.11. The SMILES string of the molecule is N#Cc1ccc(Nc2cnc(C(=O)Nc3ccccc3Br)cn2)cc1. The molecular formula is C18H12BrN5O. The summed E-state index contributed by atoms with van der Waals surface area (Å²) in [5, 5.41) is 14.6. The summed E-state index contributed by atoms with van der Waals surface area (Å²) in [6.45, 7) is 0. The lowest BCUT2D eigenvalue weighted by atomic mass is 10.2. The number of halogens is 1. The molecule has 0 radical (unpaired) electrons. The van der Waals surface area contributed by atoms with Crippen molar-refractivity contribution in [2.75, 3.05) is 10.6 Å². The molecule has 1 amide bonds. The van der Waals surface area contributed by atoms with Crippen molar-refractivity contribution in [1.82, 2.24) is 9.97 Å². The Hall–Kier alpha value is -3.24.